The number of rotatable bonds is 10. The van der Waals surface area contributed by atoms with E-state index < -0.39 is 53.7 Å². The summed E-state index contributed by atoms with van der Waals surface area (Å²) in [4.78, 5) is 62.8. The number of hydrogen-bond acceptors (Lipinski definition) is 6. The molecule has 0 spiro atoms. The van der Waals surface area contributed by atoms with Crippen molar-refractivity contribution in [2.45, 2.75) is 64.8 Å². The van der Waals surface area contributed by atoms with Crippen LogP contribution in [0.1, 0.15) is 56.0 Å². The van der Waals surface area contributed by atoms with Gasteiger partial charge in [-0.3, -0.25) is 19.2 Å². The van der Waals surface area contributed by atoms with Gasteiger partial charge in [-0.2, -0.15) is 0 Å². The van der Waals surface area contributed by atoms with E-state index in [1.165, 1.54) is 4.90 Å². The molecule has 1 heterocycles. The molecule has 11 heteroatoms. The predicted molar refractivity (Wildman–Crippen MR) is 128 cm³/mol. The van der Waals surface area contributed by atoms with Crippen LogP contribution in [0, 0.1) is 5.41 Å². The van der Waals surface area contributed by atoms with Crippen molar-refractivity contribution >= 4 is 41.6 Å². The second-order valence-electron chi connectivity index (χ2n) is 9.56. The second-order valence-corrected chi connectivity index (χ2v) is 9.97. The van der Waals surface area contributed by atoms with Gasteiger partial charge in [-0.1, -0.05) is 38.4 Å². The summed E-state index contributed by atoms with van der Waals surface area (Å²) in [5.74, 6) is -2.82. The molecule has 3 atom stereocenters. The van der Waals surface area contributed by atoms with Crippen molar-refractivity contribution in [1.29, 1.82) is 0 Å². The highest BCUT2D eigenvalue weighted by molar-refractivity contribution is 6.34. The van der Waals surface area contributed by atoms with Crippen LogP contribution in [0.4, 0.5) is 0 Å². The van der Waals surface area contributed by atoms with Gasteiger partial charge in [0.05, 0.1) is 29.7 Å². The number of nitrogens with one attached hydrogen (secondary N) is 2. The maximum Gasteiger partial charge on any atom is 0.305 e. The number of halogens is 1. The van der Waals surface area contributed by atoms with Crippen LogP contribution in [0.15, 0.2) is 18.2 Å². The molecule has 1 aliphatic rings. The summed E-state index contributed by atoms with van der Waals surface area (Å²) in [6, 6.07) is 1.84. The lowest BCUT2D eigenvalue weighted by Gasteiger charge is -2.35. The van der Waals surface area contributed by atoms with Crippen LogP contribution in [-0.2, 0) is 30.5 Å². The van der Waals surface area contributed by atoms with Crippen molar-refractivity contribution in [2.75, 3.05) is 13.7 Å². The fourth-order valence-electron chi connectivity index (χ4n) is 3.93. The van der Waals surface area contributed by atoms with Gasteiger partial charge in [0.2, 0.25) is 11.8 Å². The molecule has 0 bridgehead atoms. The number of carboxylic acids is 1. The standard InChI is InChI=1S/C24H32ClN3O7/c1-24(2,3)20(27-21(32)16-8-7-14(13-35-4)10-17(16)25)23(34)28-9-5-6-18(28)22(33)26-15(12-29)11-19(30)31/h7-8,10,12,15,18,20H,5-6,9,11,13H2,1-4H3,(H,26,33)(H,27,32)(H,30,31)/t15-,18-,20+/m0/s1. The maximum absolute atomic E-state index is 13.5. The molecule has 35 heavy (non-hydrogen) atoms. The van der Waals surface area contributed by atoms with Crippen LogP contribution in [-0.4, -0.2) is 71.8 Å². The molecule has 0 aromatic heterocycles. The number of methoxy groups -OCH3 is 1. The normalized spacial score (nSPS) is 17.4. The minimum atomic E-state index is -1.23. The van der Waals surface area contributed by atoms with E-state index in [0.29, 0.717) is 25.7 Å². The number of benzene rings is 1. The quantitative estimate of drug-likeness (QED) is 0.408. The van der Waals surface area contributed by atoms with Gasteiger partial charge in [0.1, 0.15) is 18.4 Å². The summed E-state index contributed by atoms with van der Waals surface area (Å²) < 4.78 is 5.07. The molecule has 2 rings (SSSR count). The molecule has 3 N–H and O–H groups in total. The average Bonchev–Trinajstić information content (AvgIpc) is 3.25. The van der Waals surface area contributed by atoms with Gasteiger partial charge in [0.25, 0.3) is 5.91 Å². The number of likely N-dealkylation sites (tertiary alicyclic amines) is 1. The molecule has 1 aromatic rings. The Balaban J connectivity index is 2.21. The van der Waals surface area contributed by atoms with Gasteiger partial charge >= 0.3 is 5.97 Å². The van der Waals surface area contributed by atoms with Crippen LogP contribution >= 0.6 is 11.6 Å². The molecule has 0 unspecified atom stereocenters. The summed E-state index contributed by atoms with van der Waals surface area (Å²) >= 11 is 6.29. The lowest BCUT2D eigenvalue weighted by molar-refractivity contribution is -0.143. The van der Waals surface area contributed by atoms with Crippen molar-refractivity contribution in [3.05, 3.63) is 34.3 Å². The van der Waals surface area contributed by atoms with E-state index in [4.69, 9.17) is 21.4 Å². The Hall–Kier alpha value is -2.98. The number of hydrogen-bond donors (Lipinski definition) is 3. The molecule has 1 saturated heterocycles. The van der Waals surface area contributed by atoms with Gasteiger partial charge in [-0.15, -0.1) is 0 Å². The molecule has 3 amide bonds. The lowest BCUT2D eigenvalue weighted by Crippen LogP contribution is -2.58. The fraction of sp³-hybridized carbons (Fsp3) is 0.542. The largest absolute Gasteiger partial charge is 0.481 e. The second kappa shape index (κ2) is 12.1. The van der Waals surface area contributed by atoms with E-state index in [1.807, 2.05) is 0 Å². The first-order valence-corrected chi connectivity index (χ1v) is 11.6. The topological polar surface area (TPSA) is 142 Å². The highest BCUT2D eigenvalue weighted by atomic mass is 35.5. The van der Waals surface area contributed by atoms with Crippen molar-refractivity contribution in [3.8, 4) is 0 Å². The van der Waals surface area contributed by atoms with Gasteiger partial charge in [-0.05, 0) is 36.0 Å². The number of carboxylic acid groups (broad SMARTS) is 1. The first-order valence-electron chi connectivity index (χ1n) is 11.2. The molecule has 1 aromatic carbocycles. The Labute approximate surface area is 209 Å². The predicted octanol–water partition coefficient (Wildman–Crippen LogP) is 1.78. The van der Waals surface area contributed by atoms with E-state index in [1.54, 1.807) is 46.1 Å². The average molecular weight is 510 g/mol. The van der Waals surface area contributed by atoms with E-state index in [9.17, 15) is 24.0 Å². The third kappa shape index (κ3) is 7.50. The Morgan fingerprint density at radius 3 is 2.49 bits per heavy atom. The third-order valence-electron chi connectivity index (χ3n) is 5.70. The summed E-state index contributed by atoms with van der Waals surface area (Å²) in [6.07, 6.45) is 0.702. The lowest BCUT2D eigenvalue weighted by atomic mass is 9.85. The molecule has 192 valence electrons. The van der Waals surface area contributed by atoms with Crippen LogP contribution in [0.5, 0.6) is 0 Å². The third-order valence-corrected chi connectivity index (χ3v) is 6.02. The highest BCUT2D eigenvalue weighted by Crippen LogP contribution is 2.27. The van der Waals surface area contributed by atoms with Gasteiger partial charge in [0.15, 0.2) is 0 Å². The Morgan fingerprint density at radius 2 is 1.94 bits per heavy atom. The smallest absolute Gasteiger partial charge is 0.305 e. The van der Waals surface area contributed by atoms with Gasteiger partial charge in [0, 0.05) is 13.7 Å². The first kappa shape index (κ1) is 28.3. The number of carbonyl (C=O) groups excluding carboxylic acids is 4. The van der Waals surface area contributed by atoms with Crippen LogP contribution in [0.2, 0.25) is 5.02 Å². The zero-order chi connectivity index (χ0) is 26.3. The first-order chi connectivity index (χ1) is 16.4. The molecule has 0 saturated carbocycles. The summed E-state index contributed by atoms with van der Waals surface area (Å²) in [7, 11) is 1.55. The number of carbonyl (C=O) groups is 5. The van der Waals surface area contributed by atoms with Crippen LogP contribution in [0.25, 0.3) is 0 Å². The molecular weight excluding hydrogens is 478 g/mol. The maximum atomic E-state index is 13.5. The van der Waals surface area contributed by atoms with E-state index in [2.05, 4.69) is 10.6 Å². The number of amides is 3. The molecule has 0 aliphatic carbocycles. The molecule has 1 fully saturated rings. The highest BCUT2D eigenvalue weighted by Gasteiger charge is 2.42. The Bertz CT molecular complexity index is 976. The summed E-state index contributed by atoms with van der Waals surface area (Å²) in [5.41, 5.74) is 0.291. The molecular formula is C24H32ClN3O7. The summed E-state index contributed by atoms with van der Waals surface area (Å²) in [5, 5.41) is 14.3. The Kier molecular flexibility index (Phi) is 9.79. The van der Waals surface area contributed by atoms with Crippen molar-refractivity contribution < 1.29 is 33.8 Å². The number of aliphatic carboxylic acids is 1. The van der Waals surface area contributed by atoms with Crippen LogP contribution in [0.3, 0.4) is 0 Å². The SMILES string of the molecule is COCc1ccc(C(=O)N[C@H](C(=O)N2CCC[C@H]2C(=O)N[C@H](C=O)CC(=O)O)C(C)(C)C)c(Cl)c1. The molecule has 1 aliphatic heterocycles. The van der Waals surface area contributed by atoms with Crippen molar-refractivity contribution in [3.63, 3.8) is 0 Å². The van der Waals surface area contributed by atoms with E-state index in [-0.39, 0.29) is 17.1 Å². The fourth-order valence-corrected chi connectivity index (χ4v) is 4.21. The minimum absolute atomic E-state index is 0.201. The van der Waals surface area contributed by atoms with Crippen molar-refractivity contribution in [2.24, 2.45) is 5.41 Å². The van der Waals surface area contributed by atoms with Crippen LogP contribution < -0.4 is 10.6 Å². The molecule has 10 nitrogen and oxygen atoms in total. The summed E-state index contributed by atoms with van der Waals surface area (Å²) in [6.45, 7) is 6.00. The zero-order valence-corrected chi connectivity index (χ0v) is 21.1. The van der Waals surface area contributed by atoms with E-state index in [0.717, 1.165) is 5.56 Å². The minimum Gasteiger partial charge on any atom is -0.481 e. The monoisotopic (exact) mass is 509 g/mol. The molecule has 0 radical (unpaired) electrons. The van der Waals surface area contributed by atoms with Gasteiger partial charge < -0.3 is 30.2 Å². The number of nitrogens with zero attached hydrogens (tertiary/aromatic N) is 1. The zero-order valence-electron chi connectivity index (χ0n) is 20.3. The van der Waals surface area contributed by atoms with E-state index >= 15 is 0 Å². The number of ether oxygens (including phenoxy) is 1. The van der Waals surface area contributed by atoms with Gasteiger partial charge in [-0.25, -0.2) is 0 Å². The number of aldehydes is 1. The Morgan fingerprint density at radius 1 is 1.26 bits per heavy atom. The van der Waals surface area contributed by atoms with Crippen molar-refractivity contribution in [1.82, 2.24) is 15.5 Å².